The molecule has 0 aliphatic carbocycles. The summed E-state index contributed by atoms with van der Waals surface area (Å²) in [5.74, 6) is 0.0787. The predicted octanol–water partition coefficient (Wildman–Crippen LogP) is 2.45. The van der Waals surface area contributed by atoms with Gasteiger partial charge in [0.15, 0.2) is 0 Å². The number of hydrogen-bond donors (Lipinski definition) is 1. The van der Waals surface area contributed by atoms with Crippen LogP contribution in [0.3, 0.4) is 0 Å². The number of methoxy groups -OCH3 is 1. The van der Waals surface area contributed by atoms with E-state index in [4.69, 9.17) is 4.74 Å². The van der Waals surface area contributed by atoms with Gasteiger partial charge in [0.05, 0.1) is 31.3 Å². The Hall–Kier alpha value is -3.22. The summed E-state index contributed by atoms with van der Waals surface area (Å²) in [6.45, 7) is 0.549. The number of benzene rings is 1. The maximum Gasteiger partial charge on any atom is 0.243 e. The summed E-state index contributed by atoms with van der Waals surface area (Å²) in [7, 11) is 1.52. The Morgan fingerprint density at radius 3 is 2.65 bits per heavy atom. The van der Waals surface area contributed by atoms with E-state index in [1.165, 1.54) is 18.3 Å². The standard InChI is InChI=1S/C19H20N4O3/c1-26-18-9-7-15(13-20-18)21-17(24)8-10-19(25)23-12-11-16(22-23)14-5-3-2-4-6-14/h2-7,9,13H,8,10-12H2,1H3,(H,21,24). The van der Waals surface area contributed by atoms with E-state index in [0.717, 1.165) is 17.7 Å². The van der Waals surface area contributed by atoms with Crippen molar-refractivity contribution in [2.45, 2.75) is 19.3 Å². The zero-order chi connectivity index (χ0) is 18.4. The number of nitrogens with one attached hydrogen (secondary N) is 1. The molecule has 3 rings (SSSR count). The molecule has 7 nitrogen and oxygen atoms in total. The molecule has 0 unspecified atom stereocenters. The van der Waals surface area contributed by atoms with Gasteiger partial charge in [0.2, 0.25) is 17.7 Å². The van der Waals surface area contributed by atoms with Gasteiger partial charge in [-0.05, 0) is 11.6 Å². The zero-order valence-electron chi connectivity index (χ0n) is 14.5. The second-order valence-electron chi connectivity index (χ2n) is 5.82. The van der Waals surface area contributed by atoms with E-state index in [1.807, 2.05) is 30.3 Å². The molecule has 1 aromatic heterocycles. The predicted molar refractivity (Wildman–Crippen MR) is 98.0 cm³/mol. The number of rotatable bonds is 6. The Morgan fingerprint density at radius 2 is 1.96 bits per heavy atom. The molecule has 1 aliphatic heterocycles. The molecule has 1 aliphatic rings. The van der Waals surface area contributed by atoms with Gasteiger partial charge in [-0.15, -0.1) is 0 Å². The van der Waals surface area contributed by atoms with E-state index < -0.39 is 0 Å². The maximum atomic E-state index is 12.3. The van der Waals surface area contributed by atoms with Crippen LogP contribution in [0.1, 0.15) is 24.8 Å². The quantitative estimate of drug-likeness (QED) is 0.865. The fraction of sp³-hybridized carbons (Fsp3) is 0.263. The molecular formula is C19H20N4O3. The highest BCUT2D eigenvalue weighted by Crippen LogP contribution is 2.15. The van der Waals surface area contributed by atoms with Crippen LogP contribution in [0.5, 0.6) is 5.88 Å². The van der Waals surface area contributed by atoms with Crippen LogP contribution >= 0.6 is 0 Å². The lowest BCUT2D eigenvalue weighted by molar-refractivity contribution is -0.132. The smallest absolute Gasteiger partial charge is 0.243 e. The lowest BCUT2D eigenvalue weighted by atomic mass is 10.1. The molecule has 0 saturated heterocycles. The fourth-order valence-electron chi connectivity index (χ4n) is 2.62. The van der Waals surface area contributed by atoms with Crippen molar-refractivity contribution in [1.82, 2.24) is 9.99 Å². The van der Waals surface area contributed by atoms with Crippen LogP contribution in [0, 0.1) is 0 Å². The van der Waals surface area contributed by atoms with Gasteiger partial charge in [-0.25, -0.2) is 9.99 Å². The van der Waals surface area contributed by atoms with E-state index >= 15 is 0 Å². The van der Waals surface area contributed by atoms with E-state index in [0.29, 0.717) is 18.1 Å². The first-order valence-electron chi connectivity index (χ1n) is 8.39. The Labute approximate surface area is 151 Å². The van der Waals surface area contributed by atoms with Crippen LogP contribution < -0.4 is 10.1 Å². The van der Waals surface area contributed by atoms with E-state index in [-0.39, 0.29) is 24.7 Å². The van der Waals surface area contributed by atoms with E-state index in [1.54, 1.807) is 12.1 Å². The third kappa shape index (κ3) is 4.44. The number of hydrogen-bond acceptors (Lipinski definition) is 5. The second kappa shape index (κ2) is 8.24. The maximum absolute atomic E-state index is 12.3. The minimum atomic E-state index is -0.239. The summed E-state index contributed by atoms with van der Waals surface area (Å²) in [5, 5.41) is 8.54. The average Bonchev–Trinajstić information content (AvgIpc) is 3.18. The minimum absolute atomic E-state index is 0.0948. The number of carbonyl (C=O) groups excluding carboxylic acids is 2. The monoisotopic (exact) mass is 352 g/mol. The van der Waals surface area contributed by atoms with E-state index in [9.17, 15) is 9.59 Å². The second-order valence-corrected chi connectivity index (χ2v) is 5.82. The Bertz CT molecular complexity index is 803. The SMILES string of the molecule is COc1ccc(NC(=O)CCC(=O)N2CCC(c3ccccc3)=N2)cn1. The van der Waals surface area contributed by atoms with Crippen molar-refractivity contribution in [1.29, 1.82) is 0 Å². The number of hydrazone groups is 1. The van der Waals surface area contributed by atoms with Crippen molar-refractivity contribution in [3.63, 3.8) is 0 Å². The first-order valence-corrected chi connectivity index (χ1v) is 8.39. The van der Waals surface area contributed by atoms with Crippen molar-refractivity contribution in [3.8, 4) is 5.88 Å². The summed E-state index contributed by atoms with van der Waals surface area (Å²) < 4.78 is 4.96. The number of anilines is 1. The Kier molecular flexibility index (Phi) is 5.58. The highest BCUT2D eigenvalue weighted by atomic mass is 16.5. The first-order chi connectivity index (χ1) is 12.7. The number of pyridine rings is 1. The first kappa shape index (κ1) is 17.6. The van der Waals surface area contributed by atoms with Gasteiger partial charge in [-0.2, -0.15) is 5.10 Å². The normalized spacial score (nSPS) is 13.3. The third-order valence-electron chi connectivity index (χ3n) is 3.99. The number of carbonyl (C=O) groups is 2. The molecule has 2 heterocycles. The molecule has 0 bridgehead atoms. The van der Waals surface area contributed by atoms with Crippen LogP contribution in [-0.2, 0) is 9.59 Å². The molecule has 0 atom stereocenters. The van der Waals surface area contributed by atoms with Crippen LogP contribution in [0.25, 0.3) is 0 Å². The Balaban J connectivity index is 1.49. The molecule has 7 heteroatoms. The van der Waals surface area contributed by atoms with Gasteiger partial charge in [0, 0.05) is 25.3 Å². The summed E-state index contributed by atoms with van der Waals surface area (Å²) in [6, 6.07) is 13.1. The summed E-state index contributed by atoms with van der Waals surface area (Å²) >= 11 is 0. The molecule has 2 amide bonds. The molecule has 0 saturated carbocycles. The summed E-state index contributed by atoms with van der Waals surface area (Å²) in [6.07, 6.45) is 2.44. The minimum Gasteiger partial charge on any atom is -0.481 e. The molecule has 26 heavy (non-hydrogen) atoms. The lowest BCUT2D eigenvalue weighted by Crippen LogP contribution is -2.25. The van der Waals surface area contributed by atoms with Crippen molar-refractivity contribution >= 4 is 23.2 Å². The molecule has 0 fully saturated rings. The van der Waals surface area contributed by atoms with Gasteiger partial charge < -0.3 is 10.1 Å². The van der Waals surface area contributed by atoms with Crippen molar-refractivity contribution in [2.75, 3.05) is 19.0 Å². The van der Waals surface area contributed by atoms with Crippen molar-refractivity contribution in [3.05, 3.63) is 54.2 Å². The number of ether oxygens (including phenoxy) is 1. The third-order valence-corrected chi connectivity index (χ3v) is 3.99. The van der Waals surface area contributed by atoms with Crippen LogP contribution in [0.4, 0.5) is 5.69 Å². The van der Waals surface area contributed by atoms with Crippen LogP contribution in [0.2, 0.25) is 0 Å². The van der Waals surface area contributed by atoms with Crippen LogP contribution in [-0.4, -0.2) is 41.2 Å². The van der Waals surface area contributed by atoms with Gasteiger partial charge >= 0.3 is 0 Å². The van der Waals surface area contributed by atoms with Gasteiger partial charge in [0.1, 0.15) is 0 Å². The van der Waals surface area contributed by atoms with Crippen molar-refractivity contribution < 1.29 is 14.3 Å². The highest BCUT2D eigenvalue weighted by Gasteiger charge is 2.21. The number of nitrogens with zero attached hydrogens (tertiary/aromatic N) is 3. The molecule has 134 valence electrons. The topological polar surface area (TPSA) is 83.9 Å². The molecule has 0 radical (unpaired) electrons. The molecule has 1 aromatic carbocycles. The van der Waals surface area contributed by atoms with Gasteiger partial charge in [-0.1, -0.05) is 30.3 Å². The molecule has 2 aromatic rings. The average molecular weight is 352 g/mol. The number of aromatic nitrogens is 1. The summed E-state index contributed by atoms with van der Waals surface area (Å²) in [4.78, 5) is 28.3. The molecule has 1 N–H and O–H groups in total. The van der Waals surface area contributed by atoms with Crippen molar-refractivity contribution in [2.24, 2.45) is 5.10 Å². The lowest BCUT2D eigenvalue weighted by Gasteiger charge is -2.11. The highest BCUT2D eigenvalue weighted by molar-refractivity contribution is 6.02. The summed E-state index contributed by atoms with van der Waals surface area (Å²) in [5.41, 5.74) is 2.48. The zero-order valence-corrected chi connectivity index (χ0v) is 14.5. The molecular weight excluding hydrogens is 332 g/mol. The largest absolute Gasteiger partial charge is 0.481 e. The Morgan fingerprint density at radius 1 is 1.15 bits per heavy atom. The van der Waals surface area contributed by atoms with E-state index in [2.05, 4.69) is 15.4 Å². The van der Waals surface area contributed by atoms with Crippen LogP contribution in [0.15, 0.2) is 53.8 Å². The fourth-order valence-corrected chi connectivity index (χ4v) is 2.62. The molecule has 0 spiro atoms. The van der Waals surface area contributed by atoms with Gasteiger partial charge in [0.25, 0.3) is 0 Å². The number of amides is 2. The van der Waals surface area contributed by atoms with Gasteiger partial charge in [-0.3, -0.25) is 9.59 Å².